The van der Waals surface area contributed by atoms with E-state index in [9.17, 15) is 22.9 Å². The molecule has 0 aromatic heterocycles. The summed E-state index contributed by atoms with van der Waals surface area (Å²) in [6.45, 7) is 1.57. The van der Waals surface area contributed by atoms with Crippen LogP contribution in [0.4, 0.5) is 21.5 Å². The third-order valence-electron chi connectivity index (χ3n) is 5.16. The van der Waals surface area contributed by atoms with Gasteiger partial charge in [-0.3, -0.25) is 10.1 Å². The first kappa shape index (κ1) is 18.6. The van der Waals surface area contributed by atoms with Crippen LogP contribution >= 0.6 is 0 Å². The monoisotopic (exact) mass is 406 g/mol. The molecule has 1 saturated heterocycles. The molecule has 2 aromatic carbocycles. The molecule has 2 aliphatic rings. The molecule has 2 aromatic rings. The number of anilines is 2. The van der Waals surface area contributed by atoms with Gasteiger partial charge in [-0.05, 0) is 24.6 Å². The molecule has 0 radical (unpaired) electrons. The lowest BCUT2D eigenvalue weighted by molar-refractivity contribution is -0.384. The molecule has 1 N–H and O–H groups in total. The molecule has 4 rings (SSSR count). The Labute approximate surface area is 161 Å². The fourth-order valence-corrected chi connectivity index (χ4v) is 5.30. The van der Waals surface area contributed by atoms with Crippen molar-refractivity contribution in [1.29, 1.82) is 0 Å². The van der Waals surface area contributed by atoms with Gasteiger partial charge in [-0.1, -0.05) is 12.1 Å². The number of nitro groups is 1. The first-order valence-electron chi connectivity index (χ1n) is 8.93. The summed E-state index contributed by atoms with van der Waals surface area (Å²) in [5.74, 6) is -0.785. The highest BCUT2D eigenvalue weighted by molar-refractivity contribution is 7.89. The first-order valence-corrected chi connectivity index (χ1v) is 10.4. The molecule has 0 saturated carbocycles. The number of halogens is 1. The Bertz CT molecular complexity index is 1040. The lowest BCUT2D eigenvalue weighted by atomic mass is 10.1. The predicted octanol–water partition coefficient (Wildman–Crippen LogP) is 2.21. The first-order chi connectivity index (χ1) is 13.4. The molecule has 8 nitrogen and oxygen atoms in total. The summed E-state index contributed by atoms with van der Waals surface area (Å²) in [5, 5.41) is 14.7. The number of hydrogen-bond acceptors (Lipinski definition) is 6. The summed E-state index contributed by atoms with van der Waals surface area (Å²) in [6, 6.07) is 8.48. The van der Waals surface area contributed by atoms with Crippen molar-refractivity contribution in [2.24, 2.45) is 0 Å². The fraction of sp³-hybridized carbons (Fsp3) is 0.333. The van der Waals surface area contributed by atoms with Crippen LogP contribution in [-0.4, -0.2) is 50.4 Å². The highest BCUT2D eigenvalue weighted by Crippen LogP contribution is 2.40. The number of rotatable bonds is 4. The molecule has 0 amide bonds. The number of nitrogens with zero attached hydrogens (tertiary/aromatic N) is 3. The Kier molecular flexibility index (Phi) is 4.68. The number of hydrogen-bond donors (Lipinski definition) is 1. The van der Waals surface area contributed by atoms with Gasteiger partial charge in [-0.25, -0.2) is 12.8 Å². The van der Waals surface area contributed by atoms with Gasteiger partial charge in [-0.2, -0.15) is 4.31 Å². The molecular weight excluding hydrogens is 387 g/mol. The van der Waals surface area contributed by atoms with Crippen LogP contribution < -0.4 is 10.2 Å². The van der Waals surface area contributed by atoms with Gasteiger partial charge in [0.15, 0.2) is 0 Å². The molecule has 0 spiro atoms. The average Bonchev–Trinajstić information content (AvgIpc) is 3.16. The summed E-state index contributed by atoms with van der Waals surface area (Å²) in [7, 11) is -3.95. The fourth-order valence-electron chi connectivity index (χ4n) is 3.81. The predicted molar refractivity (Wildman–Crippen MR) is 103 cm³/mol. The van der Waals surface area contributed by atoms with Crippen molar-refractivity contribution in [2.75, 3.05) is 42.9 Å². The van der Waals surface area contributed by atoms with Crippen LogP contribution in [0.3, 0.4) is 0 Å². The van der Waals surface area contributed by atoms with Crippen molar-refractivity contribution < 1.29 is 17.7 Å². The molecule has 10 heteroatoms. The maximum absolute atomic E-state index is 14.0. The van der Waals surface area contributed by atoms with Crippen LogP contribution in [-0.2, 0) is 16.4 Å². The molecular formula is C18H19FN4O4S. The van der Waals surface area contributed by atoms with Gasteiger partial charge in [0, 0.05) is 50.0 Å². The molecule has 0 bridgehead atoms. The summed E-state index contributed by atoms with van der Waals surface area (Å²) in [5.41, 5.74) is 2.34. The van der Waals surface area contributed by atoms with Gasteiger partial charge in [0.25, 0.3) is 5.69 Å². The third kappa shape index (κ3) is 3.08. The van der Waals surface area contributed by atoms with Gasteiger partial charge in [0.1, 0.15) is 16.4 Å². The van der Waals surface area contributed by atoms with Crippen molar-refractivity contribution in [2.45, 2.75) is 11.3 Å². The molecule has 0 unspecified atom stereocenters. The normalized spacial score (nSPS) is 17.2. The minimum Gasteiger partial charge on any atom is -0.384 e. The van der Waals surface area contributed by atoms with Crippen molar-refractivity contribution in [3.63, 3.8) is 0 Å². The quantitative estimate of drug-likeness (QED) is 0.618. The van der Waals surface area contributed by atoms with Crippen LogP contribution in [0.1, 0.15) is 5.56 Å². The second kappa shape index (κ2) is 7.02. The number of sulfonamides is 1. The maximum Gasteiger partial charge on any atom is 0.292 e. The van der Waals surface area contributed by atoms with E-state index in [-0.39, 0.29) is 23.7 Å². The summed E-state index contributed by atoms with van der Waals surface area (Å²) >= 11 is 0. The van der Waals surface area contributed by atoms with Crippen molar-refractivity contribution >= 4 is 27.1 Å². The Morgan fingerprint density at radius 2 is 1.79 bits per heavy atom. The van der Waals surface area contributed by atoms with Crippen LogP contribution in [0.2, 0.25) is 0 Å². The smallest absolute Gasteiger partial charge is 0.292 e. The topological polar surface area (TPSA) is 95.8 Å². The van der Waals surface area contributed by atoms with E-state index < -0.39 is 20.8 Å². The Morgan fingerprint density at radius 1 is 1.07 bits per heavy atom. The van der Waals surface area contributed by atoms with Crippen LogP contribution in [0.15, 0.2) is 41.3 Å². The van der Waals surface area contributed by atoms with Crippen molar-refractivity contribution in [3.8, 4) is 0 Å². The zero-order chi connectivity index (χ0) is 19.9. The minimum atomic E-state index is -3.95. The second-order valence-corrected chi connectivity index (χ2v) is 8.62. The summed E-state index contributed by atoms with van der Waals surface area (Å²) in [6.07, 6.45) is 0.681. The van der Waals surface area contributed by atoms with Crippen LogP contribution in [0.5, 0.6) is 0 Å². The molecule has 28 heavy (non-hydrogen) atoms. The molecule has 1 fully saturated rings. The Hall–Kier alpha value is -2.72. The molecule has 0 aliphatic carbocycles. The van der Waals surface area contributed by atoms with E-state index in [2.05, 4.69) is 5.32 Å². The van der Waals surface area contributed by atoms with E-state index in [0.717, 1.165) is 17.3 Å². The maximum atomic E-state index is 14.0. The molecule has 0 atom stereocenters. The molecule has 148 valence electrons. The number of fused-ring (bicyclic) bond motifs is 1. The average molecular weight is 406 g/mol. The number of benzene rings is 2. The van der Waals surface area contributed by atoms with Gasteiger partial charge in [0.05, 0.1) is 4.92 Å². The van der Waals surface area contributed by atoms with E-state index in [4.69, 9.17) is 0 Å². The number of nitrogens with one attached hydrogen (secondary N) is 1. The molecule has 2 aliphatic heterocycles. The highest BCUT2D eigenvalue weighted by atomic mass is 32.2. The highest BCUT2D eigenvalue weighted by Gasteiger charge is 2.34. The van der Waals surface area contributed by atoms with Gasteiger partial charge >= 0.3 is 0 Å². The number of piperazine rings is 1. The standard InChI is InChI=1S/C18H19FN4O4S/c19-14-3-1-2-4-17(14)28(26,27)22-11-9-21(10-12-22)18-13-7-8-20-15(13)5-6-16(18)23(24)25/h1-6,20H,7-12H2. The zero-order valence-corrected chi connectivity index (χ0v) is 15.8. The lowest BCUT2D eigenvalue weighted by Gasteiger charge is -2.35. The molecule has 2 heterocycles. The number of nitro benzene ring substituents is 1. The minimum absolute atomic E-state index is 0.0212. The summed E-state index contributed by atoms with van der Waals surface area (Å²) in [4.78, 5) is 12.6. The summed E-state index contributed by atoms with van der Waals surface area (Å²) < 4.78 is 40.7. The van der Waals surface area contributed by atoms with Crippen LogP contribution in [0, 0.1) is 15.9 Å². The zero-order valence-electron chi connectivity index (χ0n) is 15.0. The SMILES string of the molecule is O=[N+]([O-])c1ccc2c(c1N1CCN(S(=O)(=O)c3ccccc3F)CC1)CCN2. The van der Waals surface area contributed by atoms with Crippen molar-refractivity contribution in [3.05, 3.63) is 57.9 Å². The van der Waals surface area contributed by atoms with Crippen LogP contribution in [0.25, 0.3) is 0 Å². The van der Waals surface area contributed by atoms with E-state index in [1.807, 2.05) is 4.90 Å². The Balaban J connectivity index is 1.60. The van der Waals surface area contributed by atoms with E-state index in [0.29, 0.717) is 31.7 Å². The van der Waals surface area contributed by atoms with Gasteiger partial charge in [-0.15, -0.1) is 0 Å². The second-order valence-electron chi connectivity index (χ2n) is 6.71. The van der Waals surface area contributed by atoms with Gasteiger partial charge in [0.2, 0.25) is 10.0 Å². The third-order valence-corrected chi connectivity index (χ3v) is 7.09. The lowest BCUT2D eigenvalue weighted by Crippen LogP contribution is -2.49. The van der Waals surface area contributed by atoms with Crippen molar-refractivity contribution in [1.82, 2.24) is 4.31 Å². The van der Waals surface area contributed by atoms with E-state index >= 15 is 0 Å². The van der Waals surface area contributed by atoms with Gasteiger partial charge < -0.3 is 10.2 Å². The van der Waals surface area contributed by atoms with E-state index in [1.54, 1.807) is 6.07 Å². The van der Waals surface area contributed by atoms with E-state index in [1.165, 1.54) is 28.6 Å². The largest absolute Gasteiger partial charge is 0.384 e. The Morgan fingerprint density at radius 3 is 2.46 bits per heavy atom.